The van der Waals surface area contributed by atoms with E-state index in [1.54, 1.807) is 18.1 Å². The molecule has 2 saturated heterocycles. The van der Waals surface area contributed by atoms with Crippen molar-refractivity contribution in [2.75, 3.05) is 44.0 Å². The molecule has 2 aromatic carbocycles. The van der Waals surface area contributed by atoms with Gasteiger partial charge in [-0.2, -0.15) is 0 Å². The molecular formula is C24H25Cl2N5O3. The van der Waals surface area contributed by atoms with Crippen molar-refractivity contribution in [1.29, 1.82) is 0 Å². The first-order chi connectivity index (χ1) is 16.3. The topological polar surface area (TPSA) is 79.8 Å². The van der Waals surface area contributed by atoms with Gasteiger partial charge in [-0.25, -0.2) is 14.8 Å². The van der Waals surface area contributed by atoms with Crippen molar-refractivity contribution in [3.05, 3.63) is 46.2 Å². The van der Waals surface area contributed by atoms with Gasteiger partial charge in [-0.3, -0.25) is 4.90 Å². The molecule has 3 heterocycles. The van der Waals surface area contributed by atoms with E-state index in [-0.39, 0.29) is 6.09 Å². The monoisotopic (exact) mass is 501 g/mol. The van der Waals surface area contributed by atoms with Crippen molar-refractivity contribution in [3.63, 3.8) is 0 Å². The van der Waals surface area contributed by atoms with Crippen LogP contribution in [-0.2, 0) is 4.74 Å². The van der Waals surface area contributed by atoms with E-state index in [0.717, 1.165) is 42.6 Å². The maximum atomic E-state index is 13.0. The maximum Gasteiger partial charge on any atom is 0.415 e. The van der Waals surface area contributed by atoms with Crippen LogP contribution < -0.4 is 15.0 Å². The summed E-state index contributed by atoms with van der Waals surface area (Å²) in [6.45, 7) is 4.14. The molecule has 1 aromatic heterocycles. The number of rotatable bonds is 4. The minimum atomic E-state index is -0.477. The van der Waals surface area contributed by atoms with E-state index in [1.807, 2.05) is 25.1 Å². The number of nitrogens with one attached hydrogen (secondary N) is 1. The van der Waals surface area contributed by atoms with Crippen molar-refractivity contribution in [2.24, 2.45) is 0 Å². The Labute approximate surface area is 207 Å². The third-order valence-corrected chi connectivity index (χ3v) is 7.59. The highest BCUT2D eigenvalue weighted by atomic mass is 35.5. The second-order valence-corrected chi connectivity index (χ2v) is 9.65. The Morgan fingerprint density at radius 3 is 2.68 bits per heavy atom. The summed E-state index contributed by atoms with van der Waals surface area (Å²) in [6, 6.07) is 7.27. The number of amides is 1. The number of likely N-dealkylation sites (tertiary alicyclic amines) is 1. The number of piperidine rings is 1. The number of aromatic nitrogens is 2. The number of ether oxygens (including phenoxy) is 2. The molecule has 0 aliphatic carbocycles. The van der Waals surface area contributed by atoms with Gasteiger partial charge in [-0.1, -0.05) is 23.2 Å². The lowest BCUT2D eigenvalue weighted by Gasteiger charge is -2.35. The highest BCUT2D eigenvalue weighted by molar-refractivity contribution is 6.42. The van der Waals surface area contributed by atoms with E-state index < -0.39 is 5.60 Å². The van der Waals surface area contributed by atoms with Gasteiger partial charge in [0.2, 0.25) is 0 Å². The fourth-order valence-electron chi connectivity index (χ4n) is 4.56. The first-order valence-corrected chi connectivity index (χ1v) is 11.8. The number of halogens is 2. The van der Waals surface area contributed by atoms with Gasteiger partial charge in [0, 0.05) is 43.1 Å². The number of carbonyl (C=O) groups excluding carboxylic acids is 1. The van der Waals surface area contributed by atoms with E-state index in [4.69, 9.17) is 32.7 Å². The van der Waals surface area contributed by atoms with Crippen LogP contribution in [0.4, 0.5) is 22.0 Å². The van der Waals surface area contributed by atoms with Gasteiger partial charge in [0.1, 0.15) is 23.5 Å². The molecule has 0 radical (unpaired) electrons. The van der Waals surface area contributed by atoms with Gasteiger partial charge in [-0.15, -0.1) is 0 Å². The number of carbonyl (C=O) groups is 1. The van der Waals surface area contributed by atoms with E-state index in [2.05, 4.69) is 27.2 Å². The van der Waals surface area contributed by atoms with Crippen molar-refractivity contribution < 1.29 is 14.3 Å². The van der Waals surface area contributed by atoms with Crippen LogP contribution in [0.25, 0.3) is 10.9 Å². The van der Waals surface area contributed by atoms with Crippen molar-refractivity contribution in [1.82, 2.24) is 14.9 Å². The molecule has 2 fully saturated rings. The normalized spacial score (nSPS) is 17.9. The quantitative estimate of drug-likeness (QED) is 0.511. The smallest absolute Gasteiger partial charge is 0.415 e. The lowest BCUT2D eigenvalue weighted by atomic mass is 9.91. The number of nitrogens with zero attached hydrogens (tertiary/aromatic N) is 4. The average Bonchev–Trinajstić information content (AvgIpc) is 3.16. The average molecular weight is 502 g/mol. The Morgan fingerprint density at radius 1 is 1.18 bits per heavy atom. The summed E-state index contributed by atoms with van der Waals surface area (Å²) >= 11 is 12.5. The molecule has 2 aliphatic heterocycles. The molecule has 1 spiro atoms. The van der Waals surface area contributed by atoms with Crippen molar-refractivity contribution in [2.45, 2.75) is 25.4 Å². The second kappa shape index (κ2) is 8.76. The molecule has 1 amide bonds. The Morgan fingerprint density at radius 2 is 1.94 bits per heavy atom. The SMILES string of the molecule is COc1cc2ncnc(Nc3ccc(Cl)c(Cl)c3C)c2cc1N1CC2(CCN(C)CC2)OC1=O. The molecule has 8 nitrogen and oxygen atoms in total. The van der Waals surface area contributed by atoms with Crippen LogP contribution in [0.2, 0.25) is 10.0 Å². The summed E-state index contributed by atoms with van der Waals surface area (Å²) in [6.07, 6.45) is 2.71. The van der Waals surface area contributed by atoms with Gasteiger partial charge < -0.3 is 19.7 Å². The third kappa shape index (κ3) is 4.00. The number of hydrogen-bond donors (Lipinski definition) is 1. The number of anilines is 3. The van der Waals surface area contributed by atoms with Crippen LogP contribution in [0.5, 0.6) is 5.75 Å². The van der Waals surface area contributed by atoms with Crippen LogP contribution in [-0.4, -0.2) is 60.4 Å². The minimum absolute atomic E-state index is 0.367. The van der Waals surface area contributed by atoms with Gasteiger partial charge >= 0.3 is 6.09 Å². The standard InChI is InChI=1S/C24H25Cl2N5O3/c1-14-17(5-4-16(25)21(14)26)29-22-15-10-19(20(33-3)11-18(15)27-13-28-22)31-12-24(34-23(31)32)6-8-30(2)9-7-24/h4-5,10-11,13H,6-9,12H2,1-3H3,(H,27,28,29). The molecule has 3 aromatic rings. The zero-order valence-electron chi connectivity index (χ0n) is 19.2. The number of hydrogen-bond acceptors (Lipinski definition) is 7. The summed E-state index contributed by atoms with van der Waals surface area (Å²) < 4.78 is 11.6. The summed E-state index contributed by atoms with van der Waals surface area (Å²) in [5.74, 6) is 1.13. The van der Waals surface area contributed by atoms with Gasteiger partial charge in [0.25, 0.3) is 0 Å². The van der Waals surface area contributed by atoms with Crippen LogP contribution in [0.1, 0.15) is 18.4 Å². The molecule has 1 N–H and O–H groups in total. The molecule has 178 valence electrons. The molecular weight excluding hydrogens is 477 g/mol. The van der Waals surface area contributed by atoms with E-state index in [1.165, 1.54) is 6.33 Å². The van der Waals surface area contributed by atoms with Crippen molar-refractivity contribution >= 4 is 57.4 Å². The second-order valence-electron chi connectivity index (χ2n) is 8.86. The van der Waals surface area contributed by atoms with Crippen LogP contribution in [0.3, 0.4) is 0 Å². The molecule has 0 atom stereocenters. The predicted molar refractivity (Wildman–Crippen MR) is 134 cm³/mol. The third-order valence-electron chi connectivity index (χ3n) is 6.69. The fourth-order valence-corrected chi connectivity index (χ4v) is 4.93. The molecule has 5 rings (SSSR count). The Bertz CT molecular complexity index is 1280. The lowest BCUT2D eigenvalue weighted by molar-refractivity contribution is 0.00678. The highest BCUT2D eigenvalue weighted by Gasteiger charge is 2.47. The molecule has 0 saturated carbocycles. The zero-order valence-corrected chi connectivity index (χ0v) is 20.7. The van der Waals surface area contributed by atoms with Crippen LogP contribution >= 0.6 is 23.2 Å². The number of fused-ring (bicyclic) bond motifs is 1. The van der Waals surface area contributed by atoms with Crippen LogP contribution in [0.15, 0.2) is 30.6 Å². The number of methoxy groups -OCH3 is 1. The predicted octanol–water partition coefficient (Wildman–Crippen LogP) is 5.42. The zero-order chi connectivity index (χ0) is 24.0. The molecule has 34 heavy (non-hydrogen) atoms. The van der Waals surface area contributed by atoms with Gasteiger partial charge in [0.15, 0.2) is 0 Å². The van der Waals surface area contributed by atoms with Crippen LogP contribution in [0, 0.1) is 6.92 Å². The van der Waals surface area contributed by atoms with Gasteiger partial charge in [-0.05, 0) is 37.7 Å². The maximum absolute atomic E-state index is 13.0. The first-order valence-electron chi connectivity index (χ1n) is 11.0. The summed E-state index contributed by atoms with van der Waals surface area (Å²) in [7, 11) is 3.66. The largest absolute Gasteiger partial charge is 0.494 e. The Balaban J connectivity index is 1.55. The van der Waals surface area contributed by atoms with E-state index in [9.17, 15) is 4.79 Å². The van der Waals surface area contributed by atoms with Gasteiger partial charge in [0.05, 0.1) is 34.9 Å². The molecule has 10 heteroatoms. The highest BCUT2D eigenvalue weighted by Crippen LogP contribution is 2.42. The Kier molecular flexibility index (Phi) is 5.91. The van der Waals surface area contributed by atoms with E-state index >= 15 is 0 Å². The fraction of sp³-hybridized carbons (Fsp3) is 0.375. The molecule has 2 aliphatic rings. The summed E-state index contributed by atoms with van der Waals surface area (Å²) in [4.78, 5) is 25.7. The first kappa shape index (κ1) is 23.0. The molecule has 0 unspecified atom stereocenters. The summed E-state index contributed by atoms with van der Waals surface area (Å²) in [5, 5.41) is 5.04. The Hall–Kier alpha value is -2.81. The minimum Gasteiger partial charge on any atom is -0.494 e. The van der Waals surface area contributed by atoms with Crippen molar-refractivity contribution in [3.8, 4) is 5.75 Å². The lowest BCUT2D eigenvalue weighted by Crippen LogP contribution is -2.45. The summed E-state index contributed by atoms with van der Waals surface area (Å²) in [5.41, 5.74) is 2.41. The molecule has 0 bridgehead atoms. The number of benzene rings is 2. The van der Waals surface area contributed by atoms with E-state index in [0.29, 0.717) is 39.4 Å².